The van der Waals surface area contributed by atoms with Crippen LogP contribution in [0.5, 0.6) is 0 Å². The van der Waals surface area contributed by atoms with Gasteiger partial charge in [-0.1, -0.05) is 0 Å². The van der Waals surface area contributed by atoms with Gasteiger partial charge >= 0.3 is 0 Å². The summed E-state index contributed by atoms with van der Waals surface area (Å²) in [5.74, 6) is 1.01. The van der Waals surface area contributed by atoms with Crippen LogP contribution in [0.25, 0.3) is 10.2 Å². The van der Waals surface area contributed by atoms with Crippen molar-refractivity contribution in [3.05, 3.63) is 53.4 Å². The second-order valence-corrected chi connectivity index (χ2v) is 7.02. The third kappa shape index (κ3) is 3.17. The maximum atomic E-state index is 11.6. The van der Waals surface area contributed by atoms with Crippen LogP contribution in [0, 0.1) is 0 Å². The van der Waals surface area contributed by atoms with Gasteiger partial charge in [-0.05, 0) is 47.8 Å². The van der Waals surface area contributed by atoms with Gasteiger partial charge in [0.05, 0.1) is 10.2 Å². The van der Waals surface area contributed by atoms with Crippen molar-refractivity contribution in [2.75, 3.05) is 43.0 Å². The zero-order valence-electron chi connectivity index (χ0n) is 14.1. The Balaban J connectivity index is 1.43. The number of nitrogens with zero attached hydrogens (tertiary/aromatic N) is 3. The number of hydrogen-bond donors (Lipinski definition) is 1. The van der Waals surface area contributed by atoms with Crippen LogP contribution in [-0.2, 0) is 0 Å². The second kappa shape index (κ2) is 6.72. The topological polar surface area (TPSA) is 48.5 Å². The number of anilines is 2. The van der Waals surface area contributed by atoms with Gasteiger partial charge in [-0.25, -0.2) is 4.98 Å². The first kappa shape index (κ1) is 15.9. The first-order valence-corrected chi connectivity index (χ1v) is 9.29. The van der Waals surface area contributed by atoms with Gasteiger partial charge in [0.25, 0.3) is 5.91 Å². The molecule has 5 nitrogen and oxygen atoms in total. The van der Waals surface area contributed by atoms with Crippen LogP contribution in [0.3, 0.4) is 0 Å². The molecule has 4 rings (SSSR count). The molecule has 3 heterocycles. The van der Waals surface area contributed by atoms with Crippen LogP contribution in [0.15, 0.2) is 47.8 Å². The average molecular weight is 352 g/mol. The number of pyridine rings is 1. The molecule has 0 atom stereocenters. The lowest BCUT2D eigenvalue weighted by atomic mass is 10.1. The van der Waals surface area contributed by atoms with E-state index in [1.165, 1.54) is 4.70 Å². The number of carbonyl (C=O) groups excluding carboxylic acids is 1. The Bertz CT molecular complexity index is 882. The fourth-order valence-electron chi connectivity index (χ4n) is 3.18. The molecule has 2 aromatic heterocycles. The summed E-state index contributed by atoms with van der Waals surface area (Å²) in [6.07, 6.45) is 0. The highest BCUT2D eigenvalue weighted by atomic mass is 32.1. The van der Waals surface area contributed by atoms with Crippen molar-refractivity contribution in [1.82, 2.24) is 10.3 Å². The summed E-state index contributed by atoms with van der Waals surface area (Å²) in [6, 6.07) is 14.2. The standard InChI is InChI=1S/C19H20N4OS/c1-20-19(24)14-2-4-15(5-3-14)22-9-11-23(12-10-22)18-7-6-17-16(21-18)8-13-25-17/h2-8,13H,9-12H2,1H3,(H,20,24). The Morgan fingerprint density at radius 3 is 2.44 bits per heavy atom. The first-order chi connectivity index (χ1) is 12.2. The zero-order chi connectivity index (χ0) is 17.2. The summed E-state index contributed by atoms with van der Waals surface area (Å²) < 4.78 is 1.23. The average Bonchev–Trinajstić information content (AvgIpc) is 3.15. The molecule has 1 fully saturated rings. The summed E-state index contributed by atoms with van der Waals surface area (Å²) in [4.78, 5) is 21.1. The molecule has 1 N–H and O–H groups in total. The van der Waals surface area contributed by atoms with Crippen molar-refractivity contribution in [2.24, 2.45) is 0 Å². The molecule has 0 aliphatic carbocycles. The smallest absolute Gasteiger partial charge is 0.251 e. The van der Waals surface area contributed by atoms with Gasteiger partial charge in [0.2, 0.25) is 0 Å². The van der Waals surface area contributed by atoms with E-state index < -0.39 is 0 Å². The summed E-state index contributed by atoms with van der Waals surface area (Å²) in [6.45, 7) is 3.78. The fraction of sp³-hybridized carbons (Fsp3) is 0.263. The number of fused-ring (bicyclic) bond motifs is 1. The number of hydrogen-bond acceptors (Lipinski definition) is 5. The molecule has 1 aliphatic rings. The molecule has 0 radical (unpaired) electrons. The third-order valence-electron chi connectivity index (χ3n) is 4.62. The van der Waals surface area contributed by atoms with Gasteiger partial charge in [0.15, 0.2) is 0 Å². The largest absolute Gasteiger partial charge is 0.368 e. The molecule has 0 unspecified atom stereocenters. The number of rotatable bonds is 3. The molecule has 25 heavy (non-hydrogen) atoms. The third-order valence-corrected chi connectivity index (χ3v) is 5.49. The highest BCUT2D eigenvalue weighted by Crippen LogP contribution is 2.24. The van der Waals surface area contributed by atoms with Gasteiger partial charge in [-0.3, -0.25) is 4.79 Å². The molecule has 0 spiro atoms. The van der Waals surface area contributed by atoms with E-state index in [2.05, 4.69) is 38.7 Å². The molecule has 1 saturated heterocycles. The minimum atomic E-state index is -0.0498. The van der Waals surface area contributed by atoms with E-state index in [1.807, 2.05) is 24.3 Å². The SMILES string of the molecule is CNC(=O)c1ccc(N2CCN(c3ccc4sccc4n3)CC2)cc1. The van der Waals surface area contributed by atoms with E-state index in [1.54, 1.807) is 18.4 Å². The number of amides is 1. The molecular formula is C19H20N4OS. The van der Waals surface area contributed by atoms with E-state index in [0.29, 0.717) is 5.56 Å². The highest BCUT2D eigenvalue weighted by molar-refractivity contribution is 7.17. The molecule has 6 heteroatoms. The van der Waals surface area contributed by atoms with E-state index in [4.69, 9.17) is 4.98 Å². The van der Waals surface area contributed by atoms with Crippen molar-refractivity contribution >= 4 is 39.0 Å². The zero-order valence-corrected chi connectivity index (χ0v) is 14.9. The number of benzene rings is 1. The molecule has 1 amide bonds. The normalized spacial score (nSPS) is 14.8. The van der Waals surface area contributed by atoms with Crippen LogP contribution in [0.2, 0.25) is 0 Å². The van der Waals surface area contributed by atoms with Crippen molar-refractivity contribution in [3.63, 3.8) is 0 Å². The van der Waals surface area contributed by atoms with Gasteiger partial charge in [0, 0.05) is 44.5 Å². The molecule has 3 aromatic rings. The summed E-state index contributed by atoms with van der Waals surface area (Å²) in [5.41, 5.74) is 2.93. The van der Waals surface area contributed by atoms with Crippen molar-refractivity contribution in [3.8, 4) is 0 Å². The monoisotopic (exact) mass is 352 g/mol. The van der Waals surface area contributed by atoms with E-state index in [9.17, 15) is 4.79 Å². The van der Waals surface area contributed by atoms with E-state index in [-0.39, 0.29) is 5.91 Å². The van der Waals surface area contributed by atoms with Crippen LogP contribution in [-0.4, -0.2) is 44.1 Å². The number of carbonyl (C=O) groups is 1. The summed E-state index contributed by atoms with van der Waals surface area (Å²) >= 11 is 1.73. The van der Waals surface area contributed by atoms with Gasteiger partial charge in [-0.2, -0.15) is 0 Å². The Hall–Kier alpha value is -2.60. The Kier molecular flexibility index (Phi) is 4.28. The van der Waals surface area contributed by atoms with Crippen LogP contribution >= 0.6 is 11.3 Å². The van der Waals surface area contributed by atoms with Gasteiger partial charge < -0.3 is 15.1 Å². The van der Waals surface area contributed by atoms with Crippen molar-refractivity contribution in [1.29, 1.82) is 0 Å². The highest BCUT2D eigenvalue weighted by Gasteiger charge is 2.19. The van der Waals surface area contributed by atoms with Crippen molar-refractivity contribution in [2.45, 2.75) is 0 Å². The minimum Gasteiger partial charge on any atom is -0.368 e. The molecule has 0 bridgehead atoms. The van der Waals surface area contributed by atoms with E-state index >= 15 is 0 Å². The van der Waals surface area contributed by atoms with Crippen LogP contribution < -0.4 is 15.1 Å². The van der Waals surface area contributed by atoms with Gasteiger partial charge in [-0.15, -0.1) is 11.3 Å². The van der Waals surface area contributed by atoms with Crippen LogP contribution in [0.4, 0.5) is 11.5 Å². The Morgan fingerprint density at radius 2 is 1.72 bits per heavy atom. The van der Waals surface area contributed by atoms with Gasteiger partial charge in [0.1, 0.15) is 5.82 Å². The van der Waals surface area contributed by atoms with Crippen LogP contribution in [0.1, 0.15) is 10.4 Å². The molecule has 1 aliphatic heterocycles. The Morgan fingerprint density at radius 1 is 1.00 bits per heavy atom. The second-order valence-electron chi connectivity index (χ2n) is 6.07. The summed E-state index contributed by atoms with van der Waals surface area (Å²) in [7, 11) is 1.65. The lowest BCUT2D eigenvalue weighted by molar-refractivity contribution is 0.0963. The number of thiophene rings is 1. The lowest BCUT2D eigenvalue weighted by Gasteiger charge is -2.36. The maximum Gasteiger partial charge on any atom is 0.251 e. The predicted molar refractivity (Wildman–Crippen MR) is 104 cm³/mol. The lowest BCUT2D eigenvalue weighted by Crippen LogP contribution is -2.46. The first-order valence-electron chi connectivity index (χ1n) is 8.41. The predicted octanol–water partition coefficient (Wildman–Crippen LogP) is 2.98. The number of piperazine rings is 1. The van der Waals surface area contributed by atoms with E-state index in [0.717, 1.165) is 43.2 Å². The quantitative estimate of drug-likeness (QED) is 0.787. The summed E-state index contributed by atoms with van der Waals surface area (Å²) in [5, 5.41) is 4.73. The molecule has 1 aromatic carbocycles. The number of aromatic nitrogens is 1. The maximum absolute atomic E-state index is 11.6. The molecule has 128 valence electrons. The van der Waals surface area contributed by atoms with Crippen molar-refractivity contribution < 1.29 is 4.79 Å². The number of nitrogens with one attached hydrogen (secondary N) is 1. The molecule has 0 saturated carbocycles. The minimum absolute atomic E-state index is 0.0498. The molecular weight excluding hydrogens is 332 g/mol. The Labute approximate surface area is 150 Å². The fourth-order valence-corrected chi connectivity index (χ4v) is 3.90.